The quantitative estimate of drug-likeness (QED) is 0.673. The Morgan fingerprint density at radius 1 is 1.08 bits per heavy atom. The molecule has 3 aromatic rings. The SMILES string of the molecule is CC(C)C1=Nc2ccc(CC(C)(C)c3nc4ccccc4o3)nc2C1. The number of aromatic nitrogens is 2. The fourth-order valence-corrected chi connectivity index (χ4v) is 3.26. The summed E-state index contributed by atoms with van der Waals surface area (Å²) in [6.07, 6.45) is 1.65. The monoisotopic (exact) mass is 333 g/mol. The van der Waals surface area contributed by atoms with E-state index < -0.39 is 0 Å². The van der Waals surface area contributed by atoms with E-state index in [4.69, 9.17) is 14.4 Å². The van der Waals surface area contributed by atoms with Crippen LogP contribution in [-0.2, 0) is 18.3 Å². The van der Waals surface area contributed by atoms with Gasteiger partial charge in [-0.15, -0.1) is 0 Å². The van der Waals surface area contributed by atoms with Gasteiger partial charge >= 0.3 is 0 Å². The lowest BCUT2D eigenvalue weighted by Crippen LogP contribution is -2.22. The molecule has 0 saturated heterocycles. The summed E-state index contributed by atoms with van der Waals surface area (Å²) in [5, 5.41) is 0. The Morgan fingerprint density at radius 3 is 2.64 bits per heavy atom. The molecule has 3 heterocycles. The highest BCUT2D eigenvalue weighted by Crippen LogP contribution is 2.32. The molecule has 0 amide bonds. The second-order valence-electron chi connectivity index (χ2n) is 7.75. The second-order valence-corrected chi connectivity index (χ2v) is 7.75. The highest BCUT2D eigenvalue weighted by atomic mass is 16.3. The Kier molecular flexibility index (Phi) is 3.71. The van der Waals surface area contributed by atoms with Gasteiger partial charge in [-0.2, -0.15) is 0 Å². The molecule has 0 unspecified atom stereocenters. The molecule has 0 spiro atoms. The van der Waals surface area contributed by atoms with Crippen LogP contribution in [0.15, 0.2) is 45.8 Å². The number of benzene rings is 1. The summed E-state index contributed by atoms with van der Waals surface area (Å²) >= 11 is 0. The maximum absolute atomic E-state index is 5.98. The van der Waals surface area contributed by atoms with Gasteiger partial charge in [-0.3, -0.25) is 9.98 Å². The fourth-order valence-electron chi connectivity index (χ4n) is 3.26. The Labute approximate surface area is 148 Å². The summed E-state index contributed by atoms with van der Waals surface area (Å²) in [5.74, 6) is 1.23. The smallest absolute Gasteiger partial charge is 0.201 e. The number of oxazole rings is 1. The van der Waals surface area contributed by atoms with Crippen molar-refractivity contribution in [2.45, 2.75) is 46.0 Å². The van der Waals surface area contributed by atoms with E-state index in [1.54, 1.807) is 0 Å². The first kappa shape index (κ1) is 16.0. The lowest BCUT2D eigenvalue weighted by Gasteiger charge is -2.20. The molecule has 1 aliphatic rings. The van der Waals surface area contributed by atoms with Gasteiger partial charge in [0.2, 0.25) is 5.89 Å². The normalized spacial score (nSPS) is 14.2. The van der Waals surface area contributed by atoms with Crippen LogP contribution in [0.1, 0.15) is 45.0 Å². The topological polar surface area (TPSA) is 51.3 Å². The van der Waals surface area contributed by atoms with Gasteiger partial charge in [0, 0.05) is 29.7 Å². The number of hydrogen-bond donors (Lipinski definition) is 0. The summed E-state index contributed by atoms with van der Waals surface area (Å²) in [7, 11) is 0. The zero-order chi connectivity index (χ0) is 17.6. The van der Waals surface area contributed by atoms with Crippen molar-refractivity contribution in [1.29, 1.82) is 0 Å². The molecule has 1 aromatic carbocycles. The number of hydrogen-bond acceptors (Lipinski definition) is 4. The van der Waals surface area contributed by atoms with Crippen molar-refractivity contribution in [2.75, 3.05) is 0 Å². The molecule has 4 rings (SSSR count). The first-order chi connectivity index (χ1) is 11.9. The molecule has 1 aliphatic heterocycles. The molecule has 0 atom stereocenters. The second kappa shape index (κ2) is 5.80. The van der Waals surface area contributed by atoms with E-state index in [0.29, 0.717) is 5.92 Å². The number of fused-ring (bicyclic) bond motifs is 2. The summed E-state index contributed by atoms with van der Waals surface area (Å²) < 4.78 is 5.98. The molecule has 0 bridgehead atoms. The largest absolute Gasteiger partial charge is 0.440 e. The van der Waals surface area contributed by atoms with Crippen LogP contribution in [0.5, 0.6) is 0 Å². The molecular weight excluding hydrogens is 310 g/mol. The van der Waals surface area contributed by atoms with Gasteiger partial charge in [-0.25, -0.2) is 4.98 Å². The van der Waals surface area contributed by atoms with Crippen LogP contribution in [0.3, 0.4) is 0 Å². The molecular formula is C21H23N3O. The molecule has 0 saturated carbocycles. The van der Waals surface area contributed by atoms with Crippen molar-refractivity contribution in [1.82, 2.24) is 9.97 Å². The van der Waals surface area contributed by atoms with Gasteiger partial charge in [0.05, 0.1) is 11.4 Å². The van der Waals surface area contributed by atoms with E-state index in [0.717, 1.165) is 46.9 Å². The van der Waals surface area contributed by atoms with E-state index in [1.807, 2.05) is 24.3 Å². The highest BCUT2D eigenvalue weighted by Gasteiger charge is 2.29. The number of nitrogens with zero attached hydrogens (tertiary/aromatic N) is 3. The maximum Gasteiger partial charge on any atom is 0.201 e. The standard InChI is InChI=1S/C21H23N3O/c1-13(2)17-11-18-15(23-17)10-9-14(22-18)12-21(3,4)20-24-16-7-5-6-8-19(16)25-20/h5-10,13H,11-12H2,1-4H3. The highest BCUT2D eigenvalue weighted by molar-refractivity contribution is 5.94. The number of aliphatic imine (C=N–C) groups is 1. The Bertz CT molecular complexity index is 933. The van der Waals surface area contributed by atoms with E-state index in [-0.39, 0.29) is 5.41 Å². The summed E-state index contributed by atoms with van der Waals surface area (Å²) in [5.41, 5.74) is 5.91. The molecule has 2 aromatic heterocycles. The van der Waals surface area contributed by atoms with Crippen molar-refractivity contribution in [3.05, 3.63) is 53.7 Å². The third-order valence-corrected chi connectivity index (χ3v) is 4.78. The van der Waals surface area contributed by atoms with Crippen LogP contribution >= 0.6 is 0 Å². The van der Waals surface area contributed by atoms with Crippen molar-refractivity contribution >= 4 is 22.5 Å². The third-order valence-electron chi connectivity index (χ3n) is 4.78. The third kappa shape index (κ3) is 2.97. The van der Waals surface area contributed by atoms with Crippen molar-refractivity contribution < 1.29 is 4.42 Å². The number of para-hydroxylation sites is 2. The molecule has 25 heavy (non-hydrogen) atoms. The van der Waals surface area contributed by atoms with Gasteiger partial charge in [0.15, 0.2) is 5.58 Å². The van der Waals surface area contributed by atoms with Crippen LogP contribution in [0.2, 0.25) is 0 Å². The zero-order valence-electron chi connectivity index (χ0n) is 15.2. The van der Waals surface area contributed by atoms with E-state index in [2.05, 4.69) is 44.8 Å². The first-order valence-corrected chi connectivity index (χ1v) is 8.85. The Hall–Kier alpha value is -2.49. The minimum Gasteiger partial charge on any atom is -0.440 e. The summed E-state index contributed by atoms with van der Waals surface area (Å²) in [6.45, 7) is 8.68. The molecule has 0 fully saturated rings. The summed E-state index contributed by atoms with van der Waals surface area (Å²) in [6, 6.07) is 12.1. The lowest BCUT2D eigenvalue weighted by molar-refractivity contribution is 0.378. The average molecular weight is 333 g/mol. The molecule has 0 radical (unpaired) electrons. The number of pyridine rings is 1. The molecule has 4 nitrogen and oxygen atoms in total. The zero-order valence-corrected chi connectivity index (χ0v) is 15.2. The van der Waals surface area contributed by atoms with Crippen molar-refractivity contribution in [2.24, 2.45) is 10.9 Å². The fraction of sp³-hybridized carbons (Fsp3) is 0.381. The van der Waals surface area contributed by atoms with Crippen molar-refractivity contribution in [3.8, 4) is 0 Å². The van der Waals surface area contributed by atoms with Crippen LogP contribution in [0.25, 0.3) is 11.1 Å². The van der Waals surface area contributed by atoms with Crippen LogP contribution in [0, 0.1) is 5.92 Å². The maximum atomic E-state index is 5.98. The van der Waals surface area contributed by atoms with Crippen LogP contribution < -0.4 is 0 Å². The van der Waals surface area contributed by atoms with Crippen LogP contribution in [-0.4, -0.2) is 15.7 Å². The predicted octanol–water partition coefficient (Wildman–Crippen LogP) is 5.03. The minimum absolute atomic E-state index is 0.222. The van der Waals surface area contributed by atoms with Gasteiger partial charge in [-0.05, 0) is 30.2 Å². The van der Waals surface area contributed by atoms with Crippen molar-refractivity contribution in [3.63, 3.8) is 0 Å². The van der Waals surface area contributed by atoms with Gasteiger partial charge in [0.1, 0.15) is 5.52 Å². The van der Waals surface area contributed by atoms with E-state index in [1.165, 1.54) is 5.71 Å². The predicted molar refractivity (Wildman–Crippen MR) is 101 cm³/mol. The van der Waals surface area contributed by atoms with E-state index >= 15 is 0 Å². The molecule has 128 valence electrons. The van der Waals surface area contributed by atoms with Crippen LogP contribution in [0.4, 0.5) is 5.69 Å². The molecule has 4 heteroatoms. The molecule has 0 aliphatic carbocycles. The Balaban J connectivity index is 1.59. The number of rotatable bonds is 4. The summed E-state index contributed by atoms with van der Waals surface area (Å²) in [4.78, 5) is 14.2. The van der Waals surface area contributed by atoms with Gasteiger partial charge < -0.3 is 4.42 Å². The lowest BCUT2D eigenvalue weighted by atomic mass is 9.87. The first-order valence-electron chi connectivity index (χ1n) is 8.85. The minimum atomic E-state index is -0.222. The van der Waals surface area contributed by atoms with Gasteiger partial charge in [0.25, 0.3) is 0 Å². The molecule has 0 N–H and O–H groups in total. The van der Waals surface area contributed by atoms with E-state index in [9.17, 15) is 0 Å². The average Bonchev–Trinajstić information content (AvgIpc) is 3.18. The Morgan fingerprint density at radius 2 is 1.88 bits per heavy atom. The van der Waals surface area contributed by atoms with Gasteiger partial charge in [-0.1, -0.05) is 39.8 Å².